The molecular formula is C20H26N4O. The Morgan fingerprint density at radius 2 is 1.92 bits per heavy atom. The maximum absolute atomic E-state index is 12.7. The minimum Gasteiger partial charge on any atom is -0.338 e. The molecule has 25 heavy (non-hydrogen) atoms. The predicted octanol–water partition coefficient (Wildman–Crippen LogP) is 4.24. The second-order valence-electron chi connectivity index (χ2n) is 6.75. The van der Waals surface area contributed by atoms with Crippen LogP contribution in [0.5, 0.6) is 0 Å². The Labute approximate surface area is 149 Å². The first kappa shape index (κ1) is 17.4. The van der Waals surface area contributed by atoms with Crippen LogP contribution in [0.25, 0.3) is 0 Å². The number of nitrogens with one attached hydrogen (secondary N) is 1. The fourth-order valence-electron chi connectivity index (χ4n) is 3.49. The van der Waals surface area contributed by atoms with Gasteiger partial charge in [0.2, 0.25) is 0 Å². The molecule has 3 rings (SSSR count). The summed E-state index contributed by atoms with van der Waals surface area (Å²) in [4.78, 5) is 14.7. The molecule has 0 bridgehead atoms. The average molecular weight is 338 g/mol. The zero-order valence-corrected chi connectivity index (χ0v) is 15.2. The van der Waals surface area contributed by atoms with Gasteiger partial charge in [-0.1, -0.05) is 25.1 Å². The number of aromatic nitrogens is 2. The van der Waals surface area contributed by atoms with Crippen molar-refractivity contribution in [3.05, 3.63) is 47.2 Å². The Balaban J connectivity index is 1.74. The Hall–Kier alpha value is -2.43. The van der Waals surface area contributed by atoms with Crippen molar-refractivity contribution in [2.75, 3.05) is 11.9 Å². The van der Waals surface area contributed by atoms with Crippen molar-refractivity contribution in [3.63, 3.8) is 0 Å². The molecule has 1 aromatic carbocycles. The molecule has 1 aromatic heterocycles. The molecule has 5 heteroatoms. The molecule has 1 amide bonds. The molecule has 1 aliphatic rings. The predicted molar refractivity (Wildman–Crippen MR) is 100 cm³/mol. The van der Waals surface area contributed by atoms with Crippen LogP contribution in [0, 0.1) is 13.8 Å². The number of amides is 1. The summed E-state index contributed by atoms with van der Waals surface area (Å²) in [6.45, 7) is 7.07. The lowest BCUT2D eigenvalue weighted by atomic mass is 9.99. The van der Waals surface area contributed by atoms with E-state index in [1.807, 2.05) is 17.0 Å². The fourth-order valence-corrected chi connectivity index (χ4v) is 3.49. The van der Waals surface area contributed by atoms with Crippen LogP contribution in [-0.4, -0.2) is 33.6 Å². The summed E-state index contributed by atoms with van der Waals surface area (Å²) in [6, 6.07) is 10.1. The summed E-state index contributed by atoms with van der Waals surface area (Å²) in [6.07, 6.45) is 4.35. The average Bonchev–Trinajstić information content (AvgIpc) is 2.65. The van der Waals surface area contributed by atoms with Gasteiger partial charge < -0.3 is 10.2 Å². The molecule has 1 saturated heterocycles. The minimum atomic E-state index is -0.00216. The molecule has 0 spiro atoms. The van der Waals surface area contributed by atoms with E-state index in [0.29, 0.717) is 17.6 Å². The quantitative estimate of drug-likeness (QED) is 0.906. The molecule has 1 N–H and O–H groups in total. The Morgan fingerprint density at radius 3 is 2.56 bits per heavy atom. The molecule has 1 aliphatic heterocycles. The van der Waals surface area contributed by atoms with Crippen molar-refractivity contribution in [2.24, 2.45) is 0 Å². The summed E-state index contributed by atoms with van der Waals surface area (Å²) in [7, 11) is 0. The van der Waals surface area contributed by atoms with Gasteiger partial charge in [-0.2, -0.15) is 0 Å². The third-order valence-corrected chi connectivity index (χ3v) is 4.98. The number of likely N-dealkylation sites (tertiary alicyclic amines) is 1. The number of hydrogen-bond acceptors (Lipinski definition) is 4. The van der Waals surface area contributed by atoms with Crippen LogP contribution in [0.4, 0.5) is 11.5 Å². The maximum Gasteiger partial charge on any atom is 0.274 e. The highest BCUT2D eigenvalue weighted by atomic mass is 16.2. The number of hydrogen-bond donors (Lipinski definition) is 1. The van der Waals surface area contributed by atoms with E-state index in [1.165, 1.54) is 6.42 Å². The summed E-state index contributed by atoms with van der Waals surface area (Å²) >= 11 is 0. The number of rotatable bonds is 4. The molecule has 132 valence electrons. The van der Waals surface area contributed by atoms with Gasteiger partial charge in [-0.15, -0.1) is 10.2 Å². The van der Waals surface area contributed by atoms with Crippen LogP contribution >= 0.6 is 0 Å². The molecule has 0 aliphatic carbocycles. The first-order chi connectivity index (χ1) is 12.1. The Morgan fingerprint density at radius 1 is 1.16 bits per heavy atom. The highest BCUT2D eigenvalue weighted by Crippen LogP contribution is 2.24. The summed E-state index contributed by atoms with van der Waals surface area (Å²) < 4.78 is 0. The standard InChI is InChI=1S/C20H26N4O/c1-4-16-10-5-6-13-24(16)20(25)17-11-12-18(23-22-17)21-19-14(2)8-7-9-15(19)3/h7-9,11-12,16H,4-6,10,13H2,1-3H3,(H,21,23). The molecule has 2 aromatic rings. The van der Waals surface area contributed by atoms with Crippen molar-refractivity contribution in [3.8, 4) is 0 Å². The number of aryl methyl sites for hydroxylation is 2. The number of anilines is 2. The van der Waals surface area contributed by atoms with Crippen LogP contribution < -0.4 is 5.32 Å². The van der Waals surface area contributed by atoms with Gasteiger partial charge in [0, 0.05) is 18.3 Å². The second-order valence-corrected chi connectivity index (χ2v) is 6.75. The van der Waals surface area contributed by atoms with Gasteiger partial charge in [-0.3, -0.25) is 4.79 Å². The maximum atomic E-state index is 12.7. The van der Waals surface area contributed by atoms with Crippen molar-refractivity contribution in [2.45, 2.75) is 52.5 Å². The van der Waals surface area contributed by atoms with E-state index in [2.05, 4.69) is 48.4 Å². The van der Waals surface area contributed by atoms with Gasteiger partial charge >= 0.3 is 0 Å². The molecule has 0 saturated carbocycles. The number of para-hydroxylation sites is 1. The Bertz CT molecular complexity index is 722. The van der Waals surface area contributed by atoms with E-state index in [4.69, 9.17) is 0 Å². The van der Waals surface area contributed by atoms with E-state index in [0.717, 1.165) is 42.6 Å². The third kappa shape index (κ3) is 3.81. The molecule has 5 nitrogen and oxygen atoms in total. The zero-order valence-electron chi connectivity index (χ0n) is 15.2. The fraction of sp³-hybridized carbons (Fsp3) is 0.450. The van der Waals surface area contributed by atoms with Gasteiger partial charge in [0.25, 0.3) is 5.91 Å². The van der Waals surface area contributed by atoms with Crippen molar-refractivity contribution in [1.29, 1.82) is 0 Å². The summed E-state index contributed by atoms with van der Waals surface area (Å²) in [5.74, 6) is 0.650. The number of piperidine rings is 1. The lowest BCUT2D eigenvalue weighted by molar-refractivity contribution is 0.0601. The summed E-state index contributed by atoms with van der Waals surface area (Å²) in [5.41, 5.74) is 3.77. The van der Waals surface area contributed by atoms with E-state index >= 15 is 0 Å². The van der Waals surface area contributed by atoms with Crippen molar-refractivity contribution >= 4 is 17.4 Å². The number of benzene rings is 1. The van der Waals surface area contributed by atoms with Gasteiger partial charge in [0.15, 0.2) is 11.5 Å². The smallest absolute Gasteiger partial charge is 0.274 e. The van der Waals surface area contributed by atoms with E-state index in [-0.39, 0.29) is 5.91 Å². The SMILES string of the molecule is CCC1CCCCN1C(=O)c1ccc(Nc2c(C)cccc2C)nn1. The normalized spacial score (nSPS) is 17.4. The monoisotopic (exact) mass is 338 g/mol. The lowest BCUT2D eigenvalue weighted by Gasteiger charge is -2.34. The van der Waals surface area contributed by atoms with Crippen LogP contribution in [0.3, 0.4) is 0 Å². The van der Waals surface area contributed by atoms with Gasteiger partial charge in [0.1, 0.15) is 0 Å². The van der Waals surface area contributed by atoms with E-state index < -0.39 is 0 Å². The molecule has 1 unspecified atom stereocenters. The molecule has 0 radical (unpaired) electrons. The molecular weight excluding hydrogens is 312 g/mol. The van der Waals surface area contributed by atoms with Crippen LogP contribution in [0.2, 0.25) is 0 Å². The minimum absolute atomic E-state index is 0.00216. The van der Waals surface area contributed by atoms with E-state index in [1.54, 1.807) is 6.07 Å². The van der Waals surface area contributed by atoms with Gasteiger partial charge in [-0.05, 0) is 62.8 Å². The molecule has 2 heterocycles. The number of carbonyl (C=O) groups is 1. The van der Waals surface area contributed by atoms with Gasteiger partial charge in [0.05, 0.1) is 0 Å². The Kier molecular flexibility index (Phi) is 5.31. The highest BCUT2D eigenvalue weighted by molar-refractivity contribution is 5.92. The lowest BCUT2D eigenvalue weighted by Crippen LogP contribution is -2.43. The summed E-state index contributed by atoms with van der Waals surface area (Å²) in [5, 5.41) is 11.7. The van der Waals surface area contributed by atoms with Crippen LogP contribution in [0.15, 0.2) is 30.3 Å². The third-order valence-electron chi connectivity index (χ3n) is 4.98. The second kappa shape index (κ2) is 7.64. The first-order valence-corrected chi connectivity index (χ1v) is 9.08. The van der Waals surface area contributed by atoms with Crippen LogP contribution in [-0.2, 0) is 0 Å². The molecule has 1 fully saturated rings. The van der Waals surface area contributed by atoms with Crippen LogP contribution in [0.1, 0.15) is 54.2 Å². The zero-order chi connectivity index (χ0) is 17.8. The van der Waals surface area contributed by atoms with E-state index in [9.17, 15) is 4.79 Å². The van der Waals surface area contributed by atoms with Crippen molar-refractivity contribution in [1.82, 2.24) is 15.1 Å². The molecule has 1 atom stereocenters. The number of carbonyl (C=O) groups excluding carboxylic acids is 1. The first-order valence-electron chi connectivity index (χ1n) is 9.08. The van der Waals surface area contributed by atoms with Crippen molar-refractivity contribution < 1.29 is 4.79 Å². The van der Waals surface area contributed by atoms with Gasteiger partial charge in [-0.25, -0.2) is 0 Å². The topological polar surface area (TPSA) is 58.1 Å². The highest BCUT2D eigenvalue weighted by Gasteiger charge is 2.27. The largest absolute Gasteiger partial charge is 0.338 e. The number of nitrogens with zero attached hydrogens (tertiary/aromatic N) is 3.